The number of pyridine rings is 1. The minimum absolute atomic E-state index is 0.527. The van der Waals surface area contributed by atoms with Crippen LogP contribution in [0.5, 0.6) is 0 Å². The number of hydrogen-bond donors (Lipinski definition) is 1. The van der Waals surface area contributed by atoms with Crippen molar-refractivity contribution >= 4 is 5.82 Å². The molecule has 0 saturated carbocycles. The van der Waals surface area contributed by atoms with Crippen LogP contribution in [0.25, 0.3) is 0 Å². The van der Waals surface area contributed by atoms with Crippen molar-refractivity contribution in [1.29, 1.82) is 0 Å². The fourth-order valence-electron chi connectivity index (χ4n) is 1.02. The number of aromatic nitrogens is 1. The van der Waals surface area contributed by atoms with Gasteiger partial charge in [-0.1, -0.05) is 6.07 Å². The Hall–Kier alpha value is -1.13. The average Bonchev–Trinajstić information content (AvgIpc) is 2.25. The molecule has 4 nitrogen and oxygen atoms in total. The van der Waals surface area contributed by atoms with Crippen molar-refractivity contribution in [2.75, 3.05) is 32.7 Å². The van der Waals surface area contributed by atoms with E-state index in [9.17, 15) is 0 Å². The van der Waals surface area contributed by atoms with Crippen LogP contribution in [0.2, 0.25) is 0 Å². The molecule has 0 atom stereocenters. The van der Waals surface area contributed by atoms with Gasteiger partial charge in [0, 0.05) is 14.2 Å². The molecular formula is C10H16N2O2. The number of rotatable bonds is 6. The first-order valence-corrected chi connectivity index (χ1v) is 4.57. The van der Waals surface area contributed by atoms with Gasteiger partial charge in [0.05, 0.1) is 25.5 Å². The molecule has 1 rings (SSSR count). The van der Waals surface area contributed by atoms with Crippen molar-refractivity contribution < 1.29 is 9.47 Å². The monoisotopic (exact) mass is 196 g/mol. The van der Waals surface area contributed by atoms with E-state index in [0.29, 0.717) is 19.8 Å². The number of ether oxygens (including phenoxy) is 2. The molecule has 0 bridgehead atoms. The van der Waals surface area contributed by atoms with E-state index in [-0.39, 0.29) is 0 Å². The lowest BCUT2D eigenvalue weighted by Gasteiger charge is -2.04. The maximum Gasteiger partial charge on any atom is 0.126 e. The van der Waals surface area contributed by atoms with E-state index in [1.54, 1.807) is 7.11 Å². The van der Waals surface area contributed by atoms with Crippen LogP contribution in [0.15, 0.2) is 18.2 Å². The molecule has 0 saturated heterocycles. The lowest BCUT2D eigenvalue weighted by atomic mass is 10.3. The second kappa shape index (κ2) is 6.34. The summed E-state index contributed by atoms with van der Waals surface area (Å²) in [5.41, 5.74) is 0.924. The van der Waals surface area contributed by atoms with Crippen molar-refractivity contribution in [1.82, 2.24) is 4.98 Å². The fraction of sp³-hybridized carbons (Fsp3) is 0.500. The SMILES string of the molecule is CNc1cccc(COCCOC)n1. The van der Waals surface area contributed by atoms with E-state index in [0.717, 1.165) is 11.5 Å². The van der Waals surface area contributed by atoms with Crippen LogP contribution in [-0.4, -0.2) is 32.4 Å². The van der Waals surface area contributed by atoms with Crippen molar-refractivity contribution in [3.63, 3.8) is 0 Å². The molecular weight excluding hydrogens is 180 g/mol. The maximum atomic E-state index is 5.34. The van der Waals surface area contributed by atoms with Crippen LogP contribution in [0.3, 0.4) is 0 Å². The van der Waals surface area contributed by atoms with Gasteiger partial charge in [-0.05, 0) is 12.1 Å². The van der Waals surface area contributed by atoms with Crippen molar-refractivity contribution in [2.24, 2.45) is 0 Å². The molecule has 0 aliphatic rings. The van der Waals surface area contributed by atoms with Gasteiger partial charge in [-0.25, -0.2) is 4.98 Å². The normalized spacial score (nSPS) is 10.1. The predicted octanol–water partition coefficient (Wildman–Crippen LogP) is 1.29. The minimum Gasteiger partial charge on any atom is -0.382 e. The number of hydrogen-bond acceptors (Lipinski definition) is 4. The summed E-state index contributed by atoms with van der Waals surface area (Å²) in [6.07, 6.45) is 0. The van der Waals surface area contributed by atoms with E-state index in [1.165, 1.54) is 0 Å². The van der Waals surface area contributed by atoms with Gasteiger partial charge in [-0.3, -0.25) is 0 Å². The number of nitrogens with zero attached hydrogens (tertiary/aromatic N) is 1. The molecule has 1 aromatic heterocycles. The van der Waals surface area contributed by atoms with Crippen LogP contribution < -0.4 is 5.32 Å². The van der Waals surface area contributed by atoms with E-state index in [4.69, 9.17) is 9.47 Å². The van der Waals surface area contributed by atoms with E-state index < -0.39 is 0 Å². The van der Waals surface area contributed by atoms with Gasteiger partial charge in [0.15, 0.2) is 0 Å². The standard InChI is InChI=1S/C10H16N2O2/c1-11-10-5-3-4-9(12-10)8-14-7-6-13-2/h3-5H,6-8H2,1-2H3,(H,11,12). The molecule has 14 heavy (non-hydrogen) atoms. The molecule has 0 aliphatic heterocycles. The van der Waals surface area contributed by atoms with Crippen LogP contribution in [0, 0.1) is 0 Å². The fourth-order valence-corrected chi connectivity index (χ4v) is 1.02. The van der Waals surface area contributed by atoms with Gasteiger partial charge >= 0.3 is 0 Å². The molecule has 0 spiro atoms. The number of nitrogens with one attached hydrogen (secondary N) is 1. The first-order valence-electron chi connectivity index (χ1n) is 4.57. The summed E-state index contributed by atoms with van der Waals surface area (Å²) in [5, 5.41) is 2.98. The third kappa shape index (κ3) is 3.72. The highest BCUT2D eigenvalue weighted by Crippen LogP contribution is 2.04. The van der Waals surface area contributed by atoms with Crippen LogP contribution in [-0.2, 0) is 16.1 Å². The molecule has 4 heteroatoms. The van der Waals surface area contributed by atoms with Crippen LogP contribution in [0.4, 0.5) is 5.82 Å². The lowest BCUT2D eigenvalue weighted by Crippen LogP contribution is -2.03. The molecule has 1 N–H and O–H groups in total. The Morgan fingerprint density at radius 3 is 2.93 bits per heavy atom. The molecule has 1 heterocycles. The Morgan fingerprint density at radius 2 is 2.21 bits per heavy atom. The van der Waals surface area contributed by atoms with Gasteiger partial charge in [0.1, 0.15) is 5.82 Å². The molecule has 0 unspecified atom stereocenters. The lowest BCUT2D eigenvalue weighted by molar-refractivity contribution is 0.0602. The van der Waals surface area contributed by atoms with Gasteiger partial charge in [0.2, 0.25) is 0 Å². The van der Waals surface area contributed by atoms with Crippen molar-refractivity contribution in [2.45, 2.75) is 6.61 Å². The smallest absolute Gasteiger partial charge is 0.126 e. The third-order valence-corrected chi connectivity index (χ3v) is 1.74. The summed E-state index contributed by atoms with van der Waals surface area (Å²) < 4.78 is 10.2. The molecule has 0 amide bonds. The molecule has 0 radical (unpaired) electrons. The van der Waals surface area contributed by atoms with E-state index in [2.05, 4.69) is 10.3 Å². The summed E-state index contributed by atoms with van der Waals surface area (Å²) in [6.45, 7) is 1.74. The van der Waals surface area contributed by atoms with Crippen molar-refractivity contribution in [3.8, 4) is 0 Å². The molecule has 0 aromatic carbocycles. The zero-order valence-corrected chi connectivity index (χ0v) is 8.62. The highest BCUT2D eigenvalue weighted by atomic mass is 16.5. The zero-order chi connectivity index (χ0) is 10.2. The maximum absolute atomic E-state index is 5.34. The topological polar surface area (TPSA) is 43.4 Å². The Labute approximate surface area is 84.3 Å². The first kappa shape index (κ1) is 10.9. The average molecular weight is 196 g/mol. The zero-order valence-electron chi connectivity index (χ0n) is 8.62. The second-order valence-electron chi connectivity index (χ2n) is 2.81. The van der Waals surface area contributed by atoms with Gasteiger partial charge < -0.3 is 14.8 Å². The summed E-state index contributed by atoms with van der Waals surface area (Å²) in [7, 11) is 3.50. The third-order valence-electron chi connectivity index (χ3n) is 1.74. The van der Waals surface area contributed by atoms with Crippen LogP contribution >= 0.6 is 0 Å². The Bertz CT molecular complexity index is 266. The van der Waals surface area contributed by atoms with Gasteiger partial charge in [0.25, 0.3) is 0 Å². The Morgan fingerprint density at radius 1 is 1.36 bits per heavy atom. The second-order valence-corrected chi connectivity index (χ2v) is 2.81. The summed E-state index contributed by atoms with van der Waals surface area (Å²) >= 11 is 0. The highest BCUT2D eigenvalue weighted by molar-refractivity contribution is 5.33. The first-order chi connectivity index (χ1) is 6.86. The number of anilines is 1. The minimum atomic E-state index is 0.527. The van der Waals surface area contributed by atoms with E-state index >= 15 is 0 Å². The number of methoxy groups -OCH3 is 1. The molecule has 0 fully saturated rings. The predicted molar refractivity (Wildman–Crippen MR) is 55.3 cm³/mol. The van der Waals surface area contributed by atoms with Crippen molar-refractivity contribution in [3.05, 3.63) is 23.9 Å². The summed E-state index contributed by atoms with van der Waals surface area (Å²) in [6, 6.07) is 5.81. The van der Waals surface area contributed by atoms with Crippen LogP contribution in [0.1, 0.15) is 5.69 Å². The largest absolute Gasteiger partial charge is 0.382 e. The molecule has 78 valence electrons. The summed E-state index contributed by atoms with van der Waals surface area (Å²) in [5.74, 6) is 0.859. The van der Waals surface area contributed by atoms with Gasteiger partial charge in [-0.15, -0.1) is 0 Å². The quantitative estimate of drug-likeness (QED) is 0.696. The Balaban J connectivity index is 2.34. The molecule has 1 aromatic rings. The van der Waals surface area contributed by atoms with E-state index in [1.807, 2.05) is 25.2 Å². The Kier molecular flexibility index (Phi) is 4.96. The van der Waals surface area contributed by atoms with Gasteiger partial charge in [-0.2, -0.15) is 0 Å². The highest BCUT2D eigenvalue weighted by Gasteiger charge is 1.95. The summed E-state index contributed by atoms with van der Waals surface area (Å²) in [4.78, 5) is 4.31. The molecule has 0 aliphatic carbocycles.